The topological polar surface area (TPSA) is 35.2 Å². The summed E-state index contributed by atoms with van der Waals surface area (Å²) in [5.41, 5.74) is 5.77. The molecule has 2 N–H and O–H groups in total. The standard InChI is InChI=1S/C9H19NO.C2H6/c1-7-3-5-8(6-4-7)9(10)11-2;1-2/h7-9H,3-6,10H2,1-2H3;1-2H3. The normalized spacial score (nSPS) is 30.2. The molecule has 1 aliphatic carbocycles. The summed E-state index contributed by atoms with van der Waals surface area (Å²) in [7, 11) is 1.70. The summed E-state index contributed by atoms with van der Waals surface area (Å²) in [6.45, 7) is 6.31. The van der Waals surface area contributed by atoms with Gasteiger partial charge in [0.25, 0.3) is 0 Å². The fourth-order valence-corrected chi connectivity index (χ4v) is 1.81. The number of ether oxygens (including phenoxy) is 1. The van der Waals surface area contributed by atoms with Gasteiger partial charge >= 0.3 is 0 Å². The van der Waals surface area contributed by atoms with Crippen LogP contribution in [0.25, 0.3) is 0 Å². The van der Waals surface area contributed by atoms with Gasteiger partial charge in [-0.1, -0.05) is 33.6 Å². The summed E-state index contributed by atoms with van der Waals surface area (Å²) in [5.74, 6) is 1.51. The molecule has 2 heteroatoms. The maximum atomic E-state index is 5.77. The predicted octanol–water partition coefficient (Wildman–Crippen LogP) is 2.77. The molecule has 0 aromatic heterocycles. The molecule has 1 rings (SSSR count). The Hall–Kier alpha value is -0.0800. The molecule has 0 amide bonds. The summed E-state index contributed by atoms with van der Waals surface area (Å²) in [6.07, 6.45) is 5.11. The molecule has 13 heavy (non-hydrogen) atoms. The van der Waals surface area contributed by atoms with Crippen LogP contribution in [0.15, 0.2) is 0 Å². The minimum atomic E-state index is -0.0255. The molecular formula is C11H25NO. The average Bonchev–Trinajstić information content (AvgIpc) is 2.21. The van der Waals surface area contributed by atoms with Crippen LogP contribution in [0.2, 0.25) is 0 Å². The average molecular weight is 187 g/mol. The third-order valence-electron chi connectivity index (χ3n) is 2.80. The van der Waals surface area contributed by atoms with Gasteiger partial charge in [0.1, 0.15) is 6.23 Å². The maximum Gasteiger partial charge on any atom is 0.108 e. The molecule has 1 saturated carbocycles. The minimum Gasteiger partial charge on any atom is -0.367 e. The van der Waals surface area contributed by atoms with Gasteiger partial charge < -0.3 is 10.5 Å². The molecule has 0 saturated heterocycles. The number of nitrogens with two attached hydrogens (primary N) is 1. The second-order valence-electron chi connectivity index (χ2n) is 3.72. The first kappa shape index (κ1) is 12.9. The van der Waals surface area contributed by atoms with Crippen LogP contribution in [0.3, 0.4) is 0 Å². The lowest BCUT2D eigenvalue weighted by Gasteiger charge is -2.29. The van der Waals surface area contributed by atoms with E-state index in [1.54, 1.807) is 7.11 Å². The summed E-state index contributed by atoms with van der Waals surface area (Å²) in [5, 5.41) is 0. The molecule has 0 aromatic rings. The summed E-state index contributed by atoms with van der Waals surface area (Å²) < 4.78 is 5.10. The van der Waals surface area contributed by atoms with Crippen molar-refractivity contribution in [2.45, 2.75) is 52.7 Å². The minimum absolute atomic E-state index is 0.0255. The van der Waals surface area contributed by atoms with Crippen molar-refractivity contribution in [3.63, 3.8) is 0 Å². The van der Waals surface area contributed by atoms with E-state index in [0.29, 0.717) is 5.92 Å². The van der Waals surface area contributed by atoms with Crippen molar-refractivity contribution in [2.24, 2.45) is 17.6 Å². The zero-order valence-corrected chi connectivity index (χ0v) is 9.55. The van der Waals surface area contributed by atoms with Gasteiger partial charge in [0.15, 0.2) is 0 Å². The van der Waals surface area contributed by atoms with Gasteiger partial charge in [-0.25, -0.2) is 0 Å². The van der Waals surface area contributed by atoms with E-state index in [9.17, 15) is 0 Å². The fourth-order valence-electron chi connectivity index (χ4n) is 1.81. The van der Waals surface area contributed by atoms with Gasteiger partial charge in [0.05, 0.1) is 0 Å². The molecule has 1 aliphatic rings. The second-order valence-corrected chi connectivity index (χ2v) is 3.72. The quantitative estimate of drug-likeness (QED) is 0.675. The molecule has 2 nitrogen and oxygen atoms in total. The van der Waals surface area contributed by atoms with Gasteiger partial charge in [-0.15, -0.1) is 0 Å². The smallest absolute Gasteiger partial charge is 0.108 e. The number of hydrogen-bond acceptors (Lipinski definition) is 2. The van der Waals surface area contributed by atoms with Gasteiger partial charge in [-0.2, -0.15) is 0 Å². The Bertz CT molecular complexity index is 109. The van der Waals surface area contributed by atoms with E-state index in [-0.39, 0.29) is 6.23 Å². The van der Waals surface area contributed by atoms with Crippen molar-refractivity contribution in [2.75, 3.05) is 7.11 Å². The summed E-state index contributed by atoms with van der Waals surface area (Å²) in [6, 6.07) is 0. The van der Waals surface area contributed by atoms with Crippen molar-refractivity contribution in [1.29, 1.82) is 0 Å². The second kappa shape index (κ2) is 7.34. The van der Waals surface area contributed by atoms with Gasteiger partial charge in [0, 0.05) is 7.11 Å². The molecule has 80 valence electrons. The molecule has 0 radical (unpaired) electrons. The summed E-state index contributed by atoms with van der Waals surface area (Å²) >= 11 is 0. The lowest BCUT2D eigenvalue weighted by Crippen LogP contribution is -2.34. The Labute approximate surface area is 82.8 Å². The number of hydrogen-bond donors (Lipinski definition) is 1. The predicted molar refractivity (Wildman–Crippen MR) is 57.5 cm³/mol. The van der Waals surface area contributed by atoms with Crippen LogP contribution in [0.4, 0.5) is 0 Å². The van der Waals surface area contributed by atoms with Crippen LogP contribution in [-0.4, -0.2) is 13.3 Å². The molecule has 0 aromatic carbocycles. The van der Waals surface area contributed by atoms with E-state index >= 15 is 0 Å². The fraction of sp³-hybridized carbons (Fsp3) is 1.00. The number of methoxy groups -OCH3 is 1. The molecular weight excluding hydrogens is 162 g/mol. The SMILES string of the molecule is CC.COC(N)C1CCC(C)CC1. The van der Waals surface area contributed by atoms with Crippen LogP contribution < -0.4 is 5.73 Å². The third-order valence-corrected chi connectivity index (χ3v) is 2.80. The molecule has 1 fully saturated rings. The van der Waals surface area contributed by atoms with Crippen LogP contribution >= 0.6 is 0 Å². The van der Waals surface area contributed by atoms with Crippen LogP contribution in [0.1, 0.15) is 46.5 Å². The van der Waals surface area contributed by atoms with E-state index in [1.165, 1.54) is 25.7 Å². The third kappa shape index (κ3) is 4.63. The van der Waals surface area contributed by atoms with Crippen LogP contribution in [-0.2, 0) is 4.74 Å². The Morgan fingerprint density at radius 2 is 1.62 bits per heavy atom. The Balaban J connectivity index is 0.000000671. The monoisotopic (exact) mass is 187 g/mol. The van der Waals surface area contributed by atoms with E-state index in [4.69, 9.17) is 10.5 Å². The van der Waals surface area contributed by atoms with E-state index in [0.717, 1.165) is 5.92 Å². The van der Waals surface area contributed by atoms with E-state index < -0.39 is 0 Å². The highest BCUT2D eigenvalue weighted by atomic mass is 16.5. The van der Waals surface area contributed by atoms with Gasteiger partial charge in [-0.05, 0) is 24.7 Å². The molecule has 1 unspecified atom stereocenters. The van der Waals surface area contributed by atoms with Crippen LogP contribution in [0.5, 0.6) is 0 Å². The van der Waals surface area contributed by atoms with E-state index in [1.807, 2.05) is 13.8 Å². The van der Waals surface area contributed by atoms with Crippen molar-refractivity contribution >= 4 is 0 Å². The first-order valence-electron chi connectivity index (χ1n) is 5.52. The first-order chi connectivity index (χ1) is 6.24. The van der Waals surface area contributed by atoms with Gasteiger partial charge in [0.2, 0.25) is 0 Å². The highest BCUT2D eigenvalue weighted by Gasteiger charge is 2.22. The lowest BCUT2D eigenvalue weighted by molar-refractivity contribution is 0.0356. The molecule has 1 atom stereocenters. The highest BCUT2D eigenvalue weighted by molar-refractivity contribution is 4.73. The molecule has 0 bridgehead atoms. The lowest BCUT2D eigenvalue weighted by atomic mass is 9.82. The zero-order valence-electron chi connectivity index (χ0n) is 9.55. The zero-order chi connectivity index (χ0) is 10.3. The highest BCUT2D eigenvalue weighted by Crippen LogP contribution is 2.29. The van der Waals surface area contributed by atoms with E-state index in [2.05, 4.69) is 6.92 Å². The Morgan fingerprint density at radius 1 is 1.15 bits per heavy atom. The van der Waals surface area contributed by atoms with Crippen LogP contribution in [0, 0.1) is 11.8 Å². The summed E-state index contributed by atoms with van der Waals surface area (Å²) in [4.78, 5) is 0. The largest absolute Gasteiger partial charge is 0.367 e. The maximum absolute atomic E-state index is 5.77. The van der Waals surface area contributed by atoms with Crippen molar-refractivity contribution in [1.82, 2.24) is 0 Å². The number of rotatable bonds is 2. The molecule has 0 aliphatic heterocycles. The van der Waals surface area contributed by atoms with Crippen molar-refractivity contribution in [3.8, 4) is 0 Å². The molecule has 0 heterocycles. The Kier molecular flexibility index (Phi) is 7.29. The first-order valence-corrected chi connectivity index (χ1v) is 5.52. The Morgan fingerprint density at radius 3 is 2.00 bits per heavy atom. The van der Waals surface area contributed by atoms with Crippen molar-refractivity contribution < 1.29 is 4.74 Å². The van der Waals surface area contributed by atoms with Gasteiger partial charge in [-0.3, -0.25) is 0 Å². The molecule has 0 spiro atoms. The van der Waals surface area contributed by atoms with Crippen molar-refractivity contribution in [3.05, 3.63) is 0 Å².